The molecule has 1 aromatic heterocycles. The molecule has 3 heterocycles. The molecule has 33 heavy (non-hydrogen) atoms. The van der Waals surface area contributed by atoms with Crippen molar-refractivity contribution >= 4 is 11.8 Å². The first-order chi connectivity index (χ1) is 16.2. The van der Waals surface area contributed by atoms with Crippen molar-refractivity contribution in [2.24, 2.45) is 5.92 Å². The van der Waals surface area contributed by atoms with E-state index >= 15 is 0 Å². The van der Waals surface area contributed by atoms with Crippen molar-refractivity contribution in [3.05, 3.63) is 65.5 Å². The largest absolute Gasteiger partial charge is 0.394 e. The highest BCUT2D eigenvalue weighted by Gasteiger charge is 2.54. The summed E-state index contributed by atoms with van der Waals surface area (Å²) in [7, 11) is 0. The number of pyridine rings is 1. The maximum Gasteiger partial charge on any atom is 0.254 e. The molecule has 2 aromatic rings. The van der Waals surface area contributed by atoms with Gasteiger partial charge in [0.25, 0.3) is 5.91 Å². The molecule has 3 atom stereocenters. The topological polar surface area (TPSA) is 73.7 Å². The molecule has 1 saturated carbocycles. The van der Waals surface area contributed by atoms with Gasteiger partial charge in [-0.05, 0) is 48.6 Å². The van der Waals surface area contributed by atoms with Crippen LogP contribution in [0.25, 0.3) is 0 Å². The van der Waals surface area contributed by atoms with Gasteiger partial charge in [-0.15, -0.1) is 0 Å². The number of carbonyl (C=O) groups is 2. The fraction of sp³-hybridized carbons (Fsp3) is 0.444. The highest BCUT2D eigenvalue weighted by molar-refractivity contribution is 5.97. The van der Waals surface area contributed by atoms with E-state index in [1.54, 1.807) is 34.3 Å². The molecule has 1 aromatic carbocycles. The summed E-state index contributed by atoms with van der Waals surface area (Å²) in [6.07, 6.45) is 9.40. The first-order valence-electron chi connectivity index (χ1n) is 11.9. The van der Waals surface area contributed by atoms with Crippen molar-refractivity contribution in [1.29, 1.82) is 0 Å². The van der Waals surface area contributed by atoms with Gasteiger partial charge in [-0.2, -0.15) is 0 Å². The molecule has 1 N–H and O–H groups in total. The normalized spacial score (nSPS) is 24.6. The maximum absolute atomic E-state index is 12.9. The van der Waals surface area contributed by atoms with Crippen molar-refractivity contribution in [3.63, 3.8) is 0 Å². The number of aromatic nitrogens is 1. The Balaban J connectivity index is 1.30. The molecule has 3 aliphatic rings. The quantitative estimate of drug-likeness (QED) is 0.738. The molecule has 1 aliphatic carbocycles. The Morgan fingerprint density at radius 2 is 1.82 bits per heavy atom. The van der Waals surface area contributed by atoms with Crippen LogP contribution in [-0.4, -0.2) is 63.5 Å². The van der Waals surface area contributed by atoms with Crippen LogP contribution >= 0.6 is 0 Å². The monoisotopic (exact) mass is 443 g/mol. The fourth-order valence-electron chi connectivity index (χ4n) is 5.63. The molecule has 2 amide bonds. The van der Waals surface area contributed by atoms with Crippen molar-refractivity contribution < 1.29 is 14.7 Å². The third-order valence-corrected chi connectivity index (χ3v) is 7.36. The molecule has 5 rings (SSSR count). The zero-order valence-electron chi connectivity index (χ0n) is 18.7. The van der Waals surface area contributed by atoms with Crippen LogP contribution in [0.5, 0.6) is 0 Å². The number of benzene rings is 1. The number of hydrogen-bond donors (Lipinski definition) is 1. The van der Waals surface area contributed by atoms with E-state index < -0.39 is 0 Å². The lowest BCUT2D eigenvalue weighted by Gasteiger charge is -2.58. The summed E-state index contributed by atoms with van der Waals surface area (Å²) in [6.45, 7) is 0.404. The van der Waals surface area contributed by atoms with Crippen LogP contribution in [0.1, 0.15) is 59.5 Å². The van der Waals surface area contributed by atoms with Crippen LogP contribution in [0.3, 0.4) is 0 Å². The summed E-state index contributed by atoms with van der Waals surface area (Å²) < 4.78 is 0. The van der Waals surface area contributed by atoms with Crippen molar-refractivity contribution in [2.45, 2.75) is 50.1 Å². The maximum atomic E-state index is 12.9. The molecule has 2 saturated heterocycles. The van der Waals surface area contributed by atoms with Crippen LogP contribution in [-0.2, 0) is 4.79 Å². The highest BCUT2D eigenvalue weighted by atomic mass is 16.3. The third kappa shape index (κ3) is 4.26. The molecule has 6 heteroatoms. The van der Waals surface area contributed by atoms with Crippen LogP contribution in [0.4, 0.5) is 0 Å². The second-order valence-electron chi connectivity index (χ2n) is 9.34. The van der Waals surface area contributed by atoms with Crippen LogP contribution in [0.2, 0.25) is 0 Å². The van der Waals surface area contributed by atoms with Gasteiger partial charge in [0.2, 0.25) is 5.91 Å². The zero-order chi connectivity index (χ0) is 22.8. The lowest BCUT2D eigenvalue weighted by atomic mass is 9.73. The Hall–Kier alpha value is -3.17. The van der Waals surface area contributed by atoms with Gasteiger partial charge < -0.3 is 14.9 Å². The highest BCUT2D eigenvalue weighted by Crippen LogP contribution is 2.43. The second kappa shape index (κ2) is 9.36. The molecule has 0 radical (unpaired) electrons. The number of fused-ring (bicyclic) bond motifs is 1. The number of aliphatic hydroxyl groups excluding tert-OH is 1. The van der Waals surface area contributed by atoms with Crippen molar-refractivity contribution in [1.82, 2.24) is 14.8 Å². The van der Waals surface area contributed by atoms with E-state index in [1.807, 2.05) is 12.1 Å². The van der Waals surface area contributed by atoms with Gasteiger partial charge in [0, 0.05) is 42.4 Å². The molecular weight excluding hydrogens is 414 g/mol. The van der Waals surface area contributed by atoms with Gasteiger partial charge in [-0.25, -0.2) is 0 Å². The van der Waals surface area contributed by atoms with Crippen LogP contribution in [0, 0.1) is 17.8 Å². The fourth-order valence-corrected chi connectivity index (χ4v) is 5.63. The van der Waals surface area contributed by atoms with E-state index in [9.17, 15) is 14.7 Å². The molecular formula is C27H29N3O3. The minimum Gasteiger partial charge on any atom is -0.394 e. The van der Waals surface area contributed by atoms with Crippen molar-refractivity contribution in [3.8, 4) is 11.8 Å². The molecule has 3 fully saturated rings. The summed E-state index contributed by atoms with van der Waals surface area (Å²) in [5.74, 6) is 7.09. The van der Waals surface area contributed by atoms with Gasteiger partial charge >= 0.3 is 0 Å². The average molecular weight is 444 g/mol. The van der Waals surface area contributed by atoms with Crippen molar-refractivity contribution in [2.75, 3.05) is 19.7 Å². The number of hydrogen-bond acceptors (Lipinski definition) is 4. The minimum absolute atomic E-state index is 0.00696. The number of rotatable bonds is 4. The van der Waals surface area contributed by atoms with E-state index in [0.717, 1.165) is 23.5 Å². The Morgan fingerprint density at radius 1 is 1.09 bits per heavy atom. The van der Waals surface area contributed by atoms with E-state index in [1.165, 1.54) is 25.7 Å². The lowest BCUT2D eigenvalue weighted by Crippen LogP contribution is -2.73. The Morgan fingerprint density at radius 3 is 2.52 bits per heavy atom. The molecule has 0 spiro atoms. The molecule has 2 aliphatic heterocycles. The number of nitrogens with zero attached hydrogens (tertiary/aromatic N) is 3. The zero-order valence-corrected chi connectivity index (χ0v) is 18.7. The van der Waals surface area contributed by atoms with E-state index in [2.05, 4.69) is 29.0 Å². The van der Waals surface area contributed by atoms with Gasteiger partial charge in [-0.3, -0.25) is 14.6 Å². The Kier molecular flexibility index (Phi) is 6.15. The molecule has 170 valence electrons. The summed E-state index contributed by atoms with van der Waals surface area (Å²) in [4.78, 5) is 33.1. The lowest BCUT2D eigenvalue weighted by molar-refractivity contribution is -0.159. The number of amides is 2. The summed E-state index contributed by atoms with van der Waals surface area (Å²) in [5.41, 5.74) is 2.59. The predicted molar refractivity (Wildman–Crippen MR) is 124 cm³/mol. The van der Waals surface area contributed by atoms with E-state index in [4.69, 9.17) is 0 Å². The summed E-state index contributed by atoms with van der Waals surface area (Å²) in [6, 6.07) is 11.1. The smallest absolute Gasteiger partial charge is 0.254 e. The van der Waals surface area contributed by atoms with Gasteiger partial charge in [0.15, 0.2) is 0 Å². The molecule has 6 nitrogen and oxygen atoms in total. The van der Waals surface area contributed by atoms with E-state index in [-0.39, 0.29) is 43.0 Å². The minimum atomic E-state index is -0.250. The van der Waals surface area contributed by atoms with Crippen LogP contribution < -0.4 is 0 Å². The molecule has 0 unspecified atom stereocenters. The van der Waals surface area contributed by atoms with Gasteiger partial charge in [-0.1, -0.05) is 36.8 Å². The average Bonchev–Trinajstić information content (AvgIpc) is 3.35. The standard InChI is InChI=1S/C27H29N3O3/c31-18-24-26(21-10-8-20(9-11-21)7-3-6-19-4-1-2-5-19)23-16-29(17-25(32)30(23)24)27(33)22-12-14-28-15-13-22/h8-15,19,23-24,26,31H,1-2,4-6,16-18H2/t23-,24+,26-/m0/s1. The predicted octanol–water partition coefficient (Wildman–Crippen LogP) is 2.82. The first-order valence-corrected chi connectivity index (χ1v) is 11.9. The molecule has 0 bridgehead atoms. The number of piperazine rings is 1. The summed E-state index contributed by atoms with van der Waals surface area (Å²) >= 11 is 0. The van der Waals surface area contributed by atoms with Gasteiger partial charge in [0.05, 0.1) is 18.7 Å². The Labute approximate surface area is 194 Å². The van der Waals surface area contributed by atoms with Crippen LogP contribution in [0.15, 0.2) is 48.8 Å². The summed E-state index contributed by atoms with van der Waals surface area (Å²) in [5, 5.41) is 10.00. The third-order valence-electron chi connectivity index (χ3n) is 7.36. The number of aliphatic hydroxyl groups is 1. The second-order valence-corrected chi connectivity index (χ2v) is 9.34. The van der Waals surface area contributed by atoms with E-state index in [0.29, 0.717) is 12.1 Å². The Bertz CT molecular complexity index is 1070. The number of carbonyl (C=O) groups excluding carboxylic acids is 2. The van der Waals surface area contributed by atoms with Gasteiger partial charge in [0.1, 0.15) is 6.54 Å². The first kappa shape index (κ1) is 21.7. The SMILES string of the molecule is O=C(c1ccncc1)N1CC(=O)N2[C@H](CO)[C@@H](c3ccc(C#CCC4CCCC4)cc3)[C@@H]2C1.